The van der Waals surface area contributed by atoms with Crippen LogP contribution in [-0.2, 0) is 10.1 Å². The average Bonchev–Trinajstić information content (AvgIpc) is 2.57. The standard InChI is InChI=1S/C10H10N2O4S.Na/c1-7-5-10(13)12(11-7)8-3-2-4-9(6-8)17(14,15)16;/h2-6,11H,1H3,(H,14,15,16);. The number of aryl methyl sites for hydroxylation is 1. The summed E-state index contributed by atoms with van der Waals surface area (Å²) in [4.78, 5) is 11.3. The van der Waals surface area contributed by atoms with Crippen molar-refractivity contribution in [3.8, 4) is 5.69 Å². The van der Waals surface area contributed by atoms with Crippen LogP contribution in [0, 0.1) is 6.92 Å². The van der Waals surface area contributed by atoms with Crippen LogP contribution in [0.25, 0.3) is 5.69 Å². The second kappa shape index (κ2) is 5.41. The Labute approximate surface area is 126 Å². The molecule has 0 spiro atoms. The van der Waals surface area contributed by atoms with E-state index in [4.69, 9.17) is 4.55 Å². The van der Waals surface area contributed by atoms with Crippen LogP contribution in [0.2, 0.25) is 0 Å². The molecule has 0 saturated carbocycles. The first-order valence-electron chi connectivity index (χ1n) is 4.74. The van der Waals surface area contributed by atoms with Crippen LogP contribution in [0.5, 0.6) is 0 Å². The second-order valence-corrected chi connectivity index (χ2v) is 5.01. The summed E-state index contributed by atoms with van der Waals surface area (Å²) in [5.74, 6) is 0. The maximum Gasteiger partial charge on any atom is 0.294 e. The third-order valence-corrected chi connectivity index (χ3v) is 3.07. The molecule has 0 amide bonds. The quantitative estimate of drug-likeness (QED) is 0.611. The number of H-pyrrole nitrogens is 1. The summed E-state index contributed by atoms with van der Waals surface area (Å²) >= 11 is 0. The monoisotopic (exact) mass is 277 g/mol. The Hall–Kier alpha value is -0.860. The number of hydrogen-bond donors (Lipinski definition) is 2. The predicted molar refractivity (Wildman–Crippen MR) is 66.7 cm³/mol. The van der Waals surface area contributed by atoms with Crippen molar-refractivity contribution in [1.29, 1.82) is 0 Å². The Kier molecular flexibility index (Phi) is 4.57. The maximum absolute atomic E-state index is 11.5. The molecule has 2 aromatic rings. The number of nitrogens with one attached hydrogen (secondary N) is 1. The van der Waals surface area contributed by atoms with Crippen LogP contribution in [0.4, 0.5) is 0 Å². The van der Waals surface area contributed by atoms with Crippen molar-refractivity contribution in [3.05, 3.63) is 46.4 Å². The van der Waals surface area contributed by atoms with Crippen molar-refractivity contribution in [2.75, 3.05) is 0 Å². The predicted octanol–water partition coefficient (Wildman–Crippen LogP) is 0.340. The fourth-order valence-corrected chi connectivity index (χ4v) is 2.01. The van der Waals surface area contributed by atoms with Gasteiger partial charge in [0.15, 0.2) is 0 Å². The Morgan fingerprint density at radius 2 is 1.94 bits per heavy atom. The summed E-state index contributed by atoms with van der Waals surface area (Å²) in [7, 11) is -4.27. The first-order chi connectivity index (χ1) is 7.88. The largest absolute Gasteiger partial charge is 0.295 e. The minimum atomic E-state index is -4.27. The number of aromatic nitrogens is 2. The van der Waals surface area contributed by atoms with Gasteiger partial charge in [0.2, 0.25) is 0 Å². The minimum absolute atomic E-state index is 0. The van der Waals surface area contributed by atoms with E-state index in [2.05, 4.69) is 5.10 Å². The smallest absolute Gasteiger partial charge is 0.294 e. The summed E-state index contributed by atoms with van der Waals surface area (Å²) < 4.78 is 32.0. The zero-order valence-electron chi connectivity index (χ0n) is 9.91. The van der Waals surface area contributed by atoms with E-state index in [1.54, 1.807) is 13.0 Å². The van der Waals surface area contributed by atoms with Crippen molar-refractivity contribution in [3.63, 3.8) is 0 Å². The molecule has 0 fully saturated rings. The number of hydrogen-bond acceptors (Lipinski definition) is 3. The van der Waals surface area contributed by atoms with Crippen molar-refractivity contribution in [2.45, 2.75) is 11.8 Å². The molecule has 0 aliphatic rings. The summed E-state index contributed by atoms with van der Waals surface area (Å²) in [6, 6.07) is 6.86. The zero-order chi connectivity index (χ0) is 12.6. The minimum Gasteiger partial charge on any atom is -0.295 e. The van der Waals surface area contributed by atoms with E-state index in [9.17, 15) is 13.2 Å². The molecule has 18 heavy (non-hydrogen) atoms. The van der Waals surface area contributed by atoms with Crippen molar-refractivity contribution in [1.82, 2.24) is 9.78 Å². The van der Waals surface area contributed by atoms with Crippen LogP contribution >= 0.6 is 0 Å². The molecule has 0 saturated heterocycles. The molecule has 1 heterocycles. The van der Waals surface area contributed by atoms with E-state index >= 15 is 0 Å². The molecule has 91 valence electrons. The van der Waals surface area contributed by atoms with Gasteiger partial charge >= 0.3 is 0 Å². The Bertz CT molecular complexity index is 717. The summed E-state index contributed by atoms with van der Waals surface area (Å²) in [5, 5.41) is 2.77. The van der Waals surface area contributed by atoms with Crippen LogP contribution in [0.3, 0.4) is 0 Å². The molecule has 1 radical (unpaired) electrons. The summed E-state index contributed by atoms with van der Waals surface area (Å²) in [6.45, 7) is 1.71. The van der Waals surface area contributed by atoms with E-state index in [1.165, 1.54) is 28.9 Å². The van der Waals surface area contributed by atoms with Gasteiger partial charge in [-0.1, -0.05) is 6.07 Å². The average molecular weight is 277 g/mol. The molecular weight excluding hydrogens is 267 g/mol. The normalized spacial score (nSPS) is 11.0. The van der Waals surface area contributed by atoms with Gasteiger partial charge in [-0.05, 0) is 25.1 Å². The molecule has 2 N–H and O–H groups in total. The fourth-order valence-electron chi connectivity index (χ4n) is 1.49. The van der Waals surface area contributed by atoms with Crippen LogP contribution in [-0.4, -0.2) is 52.3 Å². The zero-order valence-corrected chi connectivity index (χ0v) is 12.7. The van der Waals surface area contributed by atoms with Gasteiger partial charge in [-0.2, -0.15) is 8.42 Å². The topological polar surface area (TPSA) is 92.2 Å². The van der Waals surface area contributed by atoms with Gasteiger partial charge in [-0.3, -0.25) is 14.4 Å². The Balaban J connectivity index is 0.00000162. The van der Waals surface area contributed by atoms with Gasteiger partial charge in [0.1, 0.15) is 0 Å². The molecule has 0 bridgehead atoms. The first kappa shape index (κ1) is 15.2. The SMILES string of the molecule is Cc1cc(=O)n(-c2cccc(S(=O)(=O)O)c2)[nH]1.[Na]. The van der Waals surface area contributed by atoms with Crippen LogP contribution in [0.15, 0.2) is 40.0 Å². The fraction of sp³-hybridized carbons (Fsp3) is 0.100. The molecule has 0 atom stereocenters. The van der Waals surface area contributed by atoms with E-state index in [1.807, 2.05) is 0 Å². The summed E-state index contributed by atoms with van der Waals surface area (Å²) in [5.41, 5.74) is 0.709. The van der Waals surface area contributed by atoms with Gasteiger partial charge in [-0.15, -0.1) is 0 Å². The molecule has 6 nitrogen and oxygen atoms in total. The Morgan fingerprint density at radius 1 is 1.28 bits per heavy atom. The van der Waals surface area contributed by atoms with Gasteiger partial charge < -0.3 is 0 Å². The van der Waals surface area contributed by atoms with E-state index in [-0.39, 0.29) is 40.0 Å². The van der Waals surface area contributed by atoms with Crippen molar-refractivity contribution in [2.24, 2.45) is 0 Å². The Morgan fingerprint density at radius 3 is 2.44 bits per heavy atom. The third-order valence-electron chi connectivity index (χ3n) is 2.22. The summed E-state index contributed by atoms with van der Waals surface area (Å²) in [6.07, 6.45) is 0. The van der Waals surface area contributed by atoms with Gasteiger partial charge in [0.05, 0.1) is 10.6 Å². The molecule has 1 aromatic heterocycles. The molecule has 0 unspecified atom stereocenters. The molecule has 8 heteroatoms. The number of rotatable bonds is 2. The van der Waals surface area contributed by atoms with Crippen molar-refractivity contribution < 1.29 is 13.0 Å². The first-order valence-corrected chi connectivity index (χ1v) is 6.18. The number of nitrogens with zero attached hydrogens (tertiary/aromatic N) is 1. The molecular formula is C10H10N2NaO4S. The van der Waals surface area contributed by atoms with Crippen LogP contribution < -0.4 is 5.56 Å². The molecule has 2 rings (SSSR count). The van der Waals surface area contributed by atoms with Gasteiger partial charge in [0, 0.05) is 41.3 Å². The van der Waals surface area contributed by atoms with E-state index in [0.29, 0.717) is 11.4 Å². The van der Waals surface area contributed by atoms with Crippen LogP contribution in [0.1, 0.15) is 5.69 Å². The molecule has 0 aliphatic carbocycles. The second-order valence-electron chi connectivity index (χ2n) is 3.59. The van der Waals surface area contributed by atoms with E-state index < -0.39 is 10.1 Å². The van der Waals surface area contributed by atoms with E-state index in [0.717, 1.165) is 0 Å². The van der Waals surface area contributed by atoms with Gasteiger partial charge in [0.25, 0.3) is 15.7 Å². The molecule has 1 aromatic carbocycles. The molecule has 0 aliphatic heterocycles. The van der Waals surface area contributed by atoms with Crippen molar-refractivity contribution >= 4 is 39.7 Å². The third kappa shape index (κ3) is 3.12. The number of aromatic amines is 1. The maximum atomic E-state index is 11.5. The number of benzene rings is 1. The van der Waals surface area contributed by atoms with Gasteiger partial charge in [-0.25, -0.2) is 4.68 Å².